The molecule has 0 unspecified atom stereocenters. The van der Waals surface area contributed by atoms with E-state index in [0.29, 0.717) is 33.3 Å². The van der Waals surface area contributed by atoms with Crippen molar-refractivity contribution in [3.63, 3.8) is 0 Å². The molecule has 6 heteroatoms. The van der Waals surface area contributed by atoms with E-state index in [4.69, 9.17) is 16.3 Å². The number of nitrogens with one attached hydrogen (secondary N) is 1. The standard InChI is InChI=1S/C27H25ClN2O3/c1-15-6-10-20(18(4)12-15)24-25(29-21-14-19(28)9-8-17(21)3)27(32)30(26(24)31)22-13-16(2)7-11-23(22)33-5/h6-14,29H,1-5H3. The highest BCUT2D eigenvalue weighted by molar-refractivity contribution is 6.46. The predicted molar refractivity (Wildman–Crippen MR) is 133 cm³/mol. The largest absolute Gasteiger partial charge is 0.495 e. The van der Waals surface area contributed by atoms with Gasteiger partial charge in [0.1, 0.15) is 11.4 Å². The van der Waals surface area contributed by atoms with Crippen molar-refractivity contribution in [3.8, 4) is 5.75 Å². The Morgan fingerprint density at radius 3 is 2.21 bits per heavy atom. The molecule has 1 aliphatic heterocycles. The summed E-state index contributed by atoms with van der Waals surface area (Å²) in [6.07, 6.45) is 0. The molecule has 0 aromatic heterocycles. The summed E-state index contributed by atoms with van der Waals surface area (Å²) in [6, 6.07) is 16.6. The molecule has 3 aromatic carbocycles. The molecular formula is C27H25ClN2O3. The van der Waals surface area contributed by atoms with Crippen molar-refractivity contribution in [1.29, 1.82) is 0 Å². The average molecular weight is 461 g/mol. The van der Waals surface area contributed by atoms with Gasteiger partial charge in [-0.1, -0.05) is 47.5 Å². The Balaban J connectivity index is 1.92. The number of imide groups is 1. The third-order valence-electron chi connectivity index (χ3n) is 5.77. The Kier molecular flexibility index (Phi) is 6.00. The summed E-state index contributed by atoms with van der Waals surface area (Å²) < 4.78 is 5.48. The van der Waals surface area contributed by atoms with Crippen LogP contribution in [-0.2, 0) is 9.59 Å². The van der Waals surface area contributed by atoms with Crippen LogP contribution in [0, 0.1) is 27.7 Å². The van der Waals surface area contributed by atoms with Gasteiger partial charge in [0.15, 0.2) is 0 Å². The Hall–Kier alpha value is -3.57. The minimum atomic E-state index is -0.446. The van der Waals surface area contributed by atoms with Crippen molar-refractivity contribution < 1.29 is 14.3 Å². The number of ether oxygens (including phenoxy) is 1. The lowest BCUT2D eigenvalue weighted by atomic mass is 9.97. The first kappa shape index (κ1) is 22.6. The van der Waals surface area contributed by atoms with Gasteiger partial charge in [0.2, 0.25) is 0 Å². The van der Waals surface area contributed by atoms with E-state index in [9.17, 15) is 9.59 Å². The smallest absolute Gasteiger partial charge is 0.282 e. The highest BCUT2D eigenvalue weighted by atomic mass is 35.5. The molecule has 4 rings (SSSR count). The molecule has 0 atom stereocenters. The topological polar surface area (TPSA) is 58.6 Å². The Morgan fingerprint density at radius 1 is 0.818 bits per heavy atom. The number of carbonyl (C=O) groups is 2. The number of carbonyl (C=O) groups excluding carboxylic acids is 2. The number of rotatable bonds is 5. The molecule has 2 amide bonds. The number of halogens is 1. The zero-order valence-corrected chi connectivity index (χ0v) is 20.0. The summed E-state index contributed by atoms with van der Waals surface area (Å²) in [4.78, 5) is 28.7. The molecule has 1 aliphatic rings. The van der Waals surface area contributed by atoms with Crippen molar-refractivity contribution in [2.45, 2.75) is 27.7 Å². The summed E-state index contributed by atoms with van der Waals surface area (Å²) in [5.74, 6) is -0.404. The Morgan fingerprint density at radius 2 is 1.52 bits per heavy atom. The van der Waals surface area contributed by atoms with Gasteiger partial charge in [-0.25, -0.2) is 4.90 Å². The molecular weight excluding hydrogens is 436 g/mol. The van der Waals surface area contributed by atoms with E-state index in [2.05, 4.69) is 5.32 Å². The van der Waals surface area contributed by atoms with Gasteiger partial charge in [0.05, 0.1) is 18.4 Å². The van der Waals surface area contributed by atoms with Crippen LogP contribution in [0.25, 0.3) is 5.57 Å². The van der Waals surface area contributed by atoms with E-state index in [0.717, 1.165) is 22.3 Å². The monoisotopic (exact) mass is 460 g/mol. The summed E-state index contributed by atoms with van der Waals surface area (Å²) in [5.41, 5.74) is 6.10. The summed E-state index contributed by atoms with van der Waals surface area (Å²) in [7, 11) is 1.52. The first-order chi connectivity index (χ1) is 15.7. The lowest BCUT2D eigenvalue weighted by molar-refractivity contribution is -0.120. The van der Waals surface area contributed by atoms with Crippen LogP contribution < -0.4 is 15.0 Å². The highest BCUT2D eigenvalue weighted by Gasteiger charge is 2.42. The molecule has 0 saturated carbocycles. The van der Waals surface area contributed by atoms with Gasteiger partial charge in [-0.2, -0.15) is 0 Å². The van der Waals surface area contributed by atoms with Gasteiger partial charge in [-0.05, 0) is 74.2 Å². The molecule has 1 N–H and O–H groups in total. The number of amides is 2. The Labute approximate surface area is 198 Å². The van der Waals surface area contributed by atoms with Gasteiger partial charge in [0, 0.05) is 10.7 Å². The normalized spacial score (nSPS) is 13.7. The lowest BCUT2D eigenvalue weighted by Crippen LogP contribution is -2.32. The van der Waals surface area contributed by atoms with Gasteiger partial charge < -0.3 is 10.1 Å². The number of hydrogen-bond donors (Lipinski definition) is 1. The van der Waals surface area contributed by atoms with Crippen LogP contribution in [0.15, 0.2) is 60.3 Å². The molecule has 0 bridgehead atoms. The summed E-state index contributed by atoms with van der Waals surface area (Å²) in [5, 5.41) is 3.75. The van der Waals surface area contributed by atoms with Crippen molar-refractivity contribution in [1.82, 2.24) is 0 Å². The van der Waals surface area contributed by atoms with Gasteiger partial charge >= 0.3 is 0 Å². The van der Waals surface area contributed by atoms with Crippen LogP contribution in [0.2, 0.25) is 5.02 Å². The van der Waals surface area contributed by atoms with Gasteiger partial charge in [-0.15, -0.1) is 0 Å². The van der Waals surface area contributed by atoms with Crippen LogP contribution in [-0.4, -0.2) is 18.9 Å². The Bertz CT molecular complexity index is 1330. The fourth-order valence-electron chi connectivity index (χ4n) is 4.05. The van der Waals surface area contributed by atoms with Crippen LogP contribution in [0.1, 0.15) is 27.8 Å². The van der Waals surface area contributed by atoms with E-state index < -0.39 is 11.8 Å². The van der Waals surface area contributed by atoms with Crippen molar-refractivity contribution in [2.75, 3.05) is 17.3 Å². The van der Waals surface area contributed by atoms with Crippen LogP contribution in [0.4, 0.5) is 11.4 Å². The second-order valence-electron chi connectivity index (χ2n) is 8.27. The fourth-order valence-corrected chi connectivity index (χ4v) is 4.22. The fraction of sp³-hybridized carbons (Fsp3) is 0.185. The number of aryl methyl sites for hydroxylation is 4. The molecule has 0 saturated heterocycles. The second-order valence-corrected chi connectivity index (χ2v) is 8.71. The number of hydrogen-bond acceptors (Lipinski definition) is 4. The summed E-state index contributed by atoms with van der Waals surface area (Å²) >= 11 is 6.21. The van der Waals surface area contributed by atoms with E-state index in [-0.39, 0.29) is 5.70 Å². The minimum absolute atomic E-state index is 0.209. The number of nitrogens with zero attached hydrogens (tertiary/aromatic N) is 1. The van der Waals surface area contributed by atoms with Crippen molar-refractivity contribution in [2.24, 2.45) is 0 Å². The molecule has 168 valence electrons. The molecule has 1 heterocycles. The van der Waals surface area contributed by atoms with Crippen LogP contribution in [0.3, 0.4) is 0 Å². The van der Waals surface area contributed by atoms with E-state index >= 15 is 0 Å². The third kappa shape index (κ3) is 4.12. The lowest BCUT2D eigenvalue weighted by Gasteiger charge is -2.19. The number of anilines is 2. The third-order valence-corrected chi connectivity index (χ3v) is 6.00. The van der Waals surface area contributed by atoms with Crippen LogP contribution in [0.5, 0.6) is 5.75 Å². The molecule has 0 spiro atoms. The number of benzene rings is 3. The molecule has 3 aromatic rings. The predicted octanol–water partition coefficient (Wildman–Crippen LogP) is 5.98. The molecule has 0 aliphatic carbocycles. The maximum Gasteiger partial charge on any atom is 0.282 e. The highest BCUT2D eigenvalue weighted by Crippen LogP contribution is 2.39. The SMILES string of the molecule is COc1ccc(C)cc1N1C(=O)C(Nc2cc(Cl)ccc2C)=C(c2ccc(C)cc2C)C1=O. The van der Waals surface area contributed by atoms with E-state index in [1.165, 1.54) is 12.0 Å². The zero-order valence-electron chi connectivity index (χ0n) is 19.2. The molecule has 33 heavy (non-hydrogen) atoms. The maximum atomic E-state index is 13.8. The van der Waals surface area contributed by atoms with Gasteiger partial charge in [0.25, 0.3) is 11.8 Å². The average Bonchev–Trinajstić information content (AvgIpc) is 3.00. The second kappa shape index (κ2) is 8.75. The van der Waals surface area contributed by atoms with E-state index in [1.54, 1.807) is 24.3 Å². The minimum Gasteiger partial charge on any atom is -0.495 e. The van der Waals surface area contributed by atoms with Crippen LogP contribution >= 0.6 is 11.6 Å². The summed E-state index contributed by atoms with van der Waals surface area (Å²) in [6.45, 7) is 7.75. The molecule has 0 fully saturated rings. The van der Waals surface area contributed by atoms with E-state index in [1.807, 2.05) is 58.0 Å². The zero-order chi connectivity index (χ0) is 23.9. The quantitative estimate of drug-likeness (QED) is 0.476. The van der Waals surface area contributed by atoms with Crippen molar-refractivity contribution in [3.05, 3.63) is 93.1 Å². The molecule has 5 nitrogen and oxygen atoms in total. The van der Waals surface area contributed by atoms with Crippen molar-refractivity contribution >= 4 is 40.4 Å². The first-order valence-corrected chi connectivity index (χ1v) is 11.0. The number of methoxy groups -OCH3 is 1. The maximum absolute atomic E-state index is 13.8. The van der Waals surface area contributed by atoms with Gasteiger partial charge in [-0.3, -0.25) is 9.59 Å². The first-order valence-electron chi connectivity index (χ1n) is 10.6. The molecule has 0 radical (unpaired) electrons.